The van der Waals surface area contributed by atoms with Crippen molar-refractivity contribution < 1.29 is 19.1 Å². The number of piperidine rings is 1. The lowest BCUT2D eigenvalue weighted by Gasteiger charge is -2.44. The minimum Gasteiger partial charge on any atom is -0.485 e. The second kappa shape index (κ2) is 7.54. The van der Waals surface area contributed by atoms with Crippen LogP contribution >= 0.6 is 11.8 Å². The lowest BCUT2D eigenvalue weighted by molar-refractivity contribution is -0.142. The molecule has 6 nitrogen and oxygen atoms in total. The van der Waals surface area contributed by atoms with Crippen LogP contribution in [0.5, 0.6) is 11.5 Å². The van der Waals surface area contributed by atoms with Gasteiger partial charge < -0.3 is 14.4 Å². The molecule has 0 N–H and O–H groups in total. The summed E-state index contributed by atoms with van der Waals surface area (Å²) < 4.78 is 11.6. The number of amides is 2. The van der Waals surface area contributed by atoms with Crippen molar-refractivity contribution in [1.29, 1.82) is 0 Å². The van der Waals surface area contributed by atoms with Crippen LogP contribution < -0.4 is 14.4 Å². The number of nitrogens with zero attached hydrogens (tertiary/aromatic N) is 2. The normalized spacial score (nSPS) is 24.9. The number of likely N-dealkylation sites (tertiary alicyclic amines) is 1. The highest BCUT2D eigenvalue weighted by atomic mass is 32.2. The number of para-hydroxylation sites is 3. The van der Waals surface area contributed by atoms with Crippen molar-refractivity contribution in [2.24, 2.45) is 0 Å². The number of hydrogen-bond donors (Lipinski definition) is 0. The summed E-state index contributed by atoms with van der Waals surface area (Å²) in [4.78, 5) is 29.5. The number of ether oxygens (including phenoxy) is 2. The van der Waals surface area contributed by atoms with Crippen molar-refractivity contribution in [1.82, 2.24) is 4.90 Å². The summed E-state index contributed by atoms with van der Waals surface area (Å²) in [6.45, 7) is 3.38. The third-order valence-electron chi connectivity index (χ3n) is 6.03. The van der Waals surface area contributed by atoms with Gasteiger partial charge in [0.1, 0.15) is 6.61 Å². The first-order valence-corrected chi connectivity index (χ1v) is 11.2. The zero-order chi connectivity index (χ0) is 20.7. The number of anilines is 1. The minimum atomic E-state index is -0.629. The predicted octanol–water partition coefficient (Wildman–Crippen LogP) is 3.31. The van der Waals surface area contributed by atoms with Crippen molar-refractivity contribution in [2.75, 3.05) is 24.6 Å². The van der Waals surface area contributed by atoms with Gasteiger partial charge in [0, 0.05) is 18.8 Å². The first-order valence-electron chi connectivity index (χ1n) is 10.3. The fourth-order valence-electron chi connectivity index (χ4n) is 4.52. The number of fused-ring (bicyclic) bond motifs is 1. The van der Waals surface area contributed by atoms with E-state index in [1.54, 1.807) is 11.8 Å². The lowest BCUT2D eigenvalue weighted by Crippen LogP contribution is -2.56. The van der Waals surface area contributed by atoms with Crippen molar-refractivity contribution >= 4 is 29.3 Å². The van der Waals surface area contributed by atoms with Gasteiger partial charge in [-0.1, -0.05) is 30.3 Å². The Morgan fingerprint density at radius 3 is 2.43 bits per heavy atom. The summed E-state index contributed by atoms with van der Waals surface area (Å²) >= 11 is 1.72. The van der Waals surface area contributed by atoms with E-state index >= 15 is 0 Å². The second-order valence-corrected chi connectivity index (χ2v) is 9.61. The average molecular weight is 425 g/mol. The number of carbonyl (C=O) groups is 2. The van der Waals surface area contributed by atoms with E-state index in [1.807, 2.05) is 71.3 Å². The zero-order valence-electron chi connectivity index (χ0n) is 16.8. The van der Waals surface area contributed by atoms with Crippen LogP contribution in [0, 0.1) is 0 Å². The molecule has 2 unspecified atom stereocenters. The van der Waals surface area contributed by atoms with Crippen molar-refractivity contribution in [3.05, 3.63) is 54.6 Å². The molecule has 2 aromatic rings. The molecule has 2 amide bonds. The van der Waals surface area contributed by atoms with Gasteiger partial charge in [-0.3, -0.25) is 14.5 Å². The first-order chi connectivity index (χ1) is 14.6. The monoisotopic (exact) mass is 424 g/mol. The molecule has 2 aromatic carbocycles. The van der Waals surface area contributed by atoms with Crippen LogP contribution in [0.4, 0.5) is 5.69 Å². The molecule has 2 fully saturated rings. The number of hydrogen-bond acceptors (Lipinski definition) is 5. The van der Waals surface area contributed by atoms with Crippen LogP contribution in [0.3, 0.4) is 0 Å². The quantitative estimate of drug-likeness (QED) is 0.740. The molecule has 30 heavy (non-hydrogen) atoms. The molecule has 7 heteroatoms. The highest BCUT2D eigenvalue weighted by Gasteiger charge is 2.52. The van der Waals surface area contributed by atoms with Crippen molar-refractivity contribution in [2.45, 2.75) is 36.0 Å². The molecule has 5 rings (SSSR count). The first kappa shape index (κ1) is 19.3. The Hall–Kier alpha value is -2.67. The van der Waals surface area contributed by atoms with E-state index in [2.05, 4.69) is 0 Å². The van der Waals surface area contributed by atoms with Crippen LogP contribution in [0.1, 0.15) is 19.8 Å². The van der Waals surface area contributed by atoms with Gasteiger partial charge in [0.15, 0.2) is 11.5 Å². The summed E-state index contributed by atoms with van der Waals surface area (Å²) in [5.74, 6) is 1.38. The Morgan fingerprint density at radius 2 is 1.70 bits per heavy atom. The summed E-state index contributed by atoms with van der Waals surface area (Å²) in [7, 11) is 0. The number of benzene rings is 2. The molecule has 0 radical (unpaired) electrons. The standard InChI is InChI=1S/C23H24N2O4S/c1-16-21(26)25(17-7-3-2-4-8-17)23(30-16)11-13-24(14-12-23)22(27)20-15-28-18-9-5-6-10-19(18)29-20/h2-10,16,20H,11-15H2,1H3. The van der Waals surface area contributed by atoms with Gasteiger partial charge in [-0.2, -0.15) is 0 Å². The lowest BCUT2D eigenvalue weighted by atomic mass is 10.00. The maximum atomic E-state index is 13.1. The molecule has 0 aromatic heterocycles. The molecular formula is C23H24N2O4S. The average Bonchev–Trinajstić information content (AvgIpc) is 3.03. The van der Waals surface area contributed by atoms with Crippen LogP contribution in [0.15, 0.2) is 54.6 Å². The van der Waals surface area contributed by atoms with Crippen LogP contribution in [-0.4, -0.2) is 52.6 Å². The third kappa shape index (κ3) is 3.21. The summed E-state index contributed by atoms with van der Waals surface area (Å²) in [6.07, 6.45) is 0.841. The maximum absolute atomic E-state index is 13.1. The summed E-state index contributed by atoms with van der Waals surface area (Å²) in [6, 6.07) is 17.3. The van der Waals surface area contributed by atoms with Crippen molar-refractivity contribution in [3.63, 3.8) is 0 Å². The molecule has 3 aliphatic heterocycles. The fraction of sp³-hybridized carbons (Fsp3) is 0.391. The number of carbonyl (C=O) groups excluding carboxylic acids is 2. The molecule has 0 saturated carbocycles. The van der Waals surface area contributed by atoms with E-state index in [0.29, 0.717) is 24.6 Å². The Bertz CT molecular complexity index is 959. The molecule has 0 aliphatic carbocycles. The third-order valence-corrected chi connectivity index (χ3v) is 7.61. The highest BCUT2D eigenvalue weighted by Crippen LogP contribution is 2.50. The van der Waals surface area contributed by atoms with E-state index in [0.717, 1.165) is 18.5 Å². The molecule has 2 atom stereocenters. The van der Waals surface area contributed by atoms with Gasteiger partial charge in [-0.15, -0.1) is 11.8 Å². The summed E-state index contributed by atoms with van der Waals surface area (Å²) in [5, 5.41) is -0.0842. The topological polar surface area (TPSA) is 59.1 Å². The second-order valence-electron chi connectivity index (χ2n) is 7.90. The van der Waals surface area contributed by atoms with Crippen LogP contribution in [0.2, 0.25) is 0 Å². The van der Waals surface area contributed by atoms with Crippen LogP contribution in [-0.2, 0) is 9.59 Å². The summed E-state index contributed by atoms with van der Waals surface area (Å²) in [5.41, 5.74) is 0.930. The smallest absolute Gasteiger partial charge is 0.267 e. The zero-order valence-corrected chi connectivity index (χ0v) is 17.6. The molecule has 0 bridgehead atoms. The number of rotatable bonds is 2. The Kier molecular flexibility index (Phi) is 4.85. The van der Waals surface area contributed by atoms with E-state index in [4.69, 9.17) is 9.47 Å². The largest absolute Gasteiger partial charge is 0.485 e. The molecule has 3 heterocycles. The molecule has 2 saturated heterocycles. The van der Waals surface area contributed by atoms with Gasteiger partial charge in [0.05, 0.1) is 10.1 Å². The highest BCUT2D eigenvalue weighted by molar-refractivity contribution is 8.02. The Labute approximate surface area is 180 Å². The Morgan fingerprint density at radius 1 is 1.03 bits per heavy atom. The van der Waals surface area contributed by atoms with E-state index in [9.17, 15) is 9.59 Å². The molecular weight excluding hydrogens is 400 g/mol. The maximum Gasteiger partial charge on any atom is 0.267 e. The minimum absolute atomic E-state index is 0.0482. The Balaban J connectivity index is 1.30. The van der Waals surface area contributed by atoms with Gasteiger partial charge >= 0.3 is 0 Å². The van der Waals surface area contributed by atoms with Crippen LogP contribution in [0.25, 0.3) is 0 Å². The SMILES string of the molecule is CC1SC2(CCN(C(=O)C3COc4ccccc4O3)CC2)N(c2ccccc2)C1=O. The van der Waals surface area contributed by atoms with Crippen molar-refractivity contribution in [3.8, 4) is 11.5 Å². The number of thioether (sulfide) groups is 1. The van der Waals surface area contributed by atoms with Gasteiger partial charge in [-0.25, -0.2) is 0 Å². The van der Waals surface area contributed by atoms with E-state index in [1.165, 1.54) is 0 Å². The molecule has 1 spiro atoms. The molecule has 156 valence electrons. The molecule has 3 aliphatic rings. The van der Waals surface area contributed by atoms with Gasteiger partial charge in [0.2, 0.25) is 12.0 Å². The predicted molar refractivity (Wildman–Crippen MR) is 116 cm³/mol. The van der Waals surface area contributed by atoms with E-state index < -0.39 is 6.10 Å². The van der Waals surface area contributed by atoms with Gasteiger partial charge in [-0.05, 0) is 44.0 Å². The van der Waals surface area contributed by atoms with E-state index in [-0.39, 0.29) is 28.5 Å². The van der Waals surface area contributed by atoms with Gasteiger partial charge in [0.25, 0.3) is 5.91 Å². The fourth-order valence-corrected chi connectivity index (χ4v) is 6.10.